The zero-order valence-electron chi connectivity index (χ0n) is 12.0. The number of nitrogens with two attached hydrogens (primary N) is 1. The number of carbonyl (C=O) groups is 1. The molecule has 0 bridgehead atoms. The minimum atomic E-state index is -0.0895. The first-order valence-corrected chi connectivity index (χ1v) is 6.41. The molecule has 3 N–H and O–H groups in total. The van der Waals surface area contributed by atoms with Gasteiger partial charge in [-0.05, 0) is 38.1 Å². The van der Waals surface area contributed by atoms with Crippen LogP contribution in [0.1, 0.15) is 30.6 Å². The van der Waals surface area contributed by atoms with Crippen molar-refractivity contribution in [2.24, 2.45) is 10.9 Å². The van der Waals surface area contributed by atoms with E-state index in [1.54, 1.807) is 36.3 Å². The molecule has 0 aliphatic rings. The highest BCUT2D eigenvalue weighted by atomic mass is 16.5. The van der Waals surface area contributed by atoms with Crippen LogP contribution in [0.2, 0.25) is 0 Å². The minimum absolute atomic E-state index is 0.0242. The van der Waals surface area contributed by atoms with Gasteiger partial charge in [-0.3, -0.25) is 4.79 Å². The summed E-state index contributed by atoms with van der Waals surface area (Å²) in [6, 6.07) is 6.96. The highest BCUT2D eigenvalue weighted by molar-refractivity contribution is 5.94. The van der Waals surface area contributed by atoms with Gasteiger partial charge in [0, 0.05) is 24.6 Å². The third kappa shape index (κ3) is 4.15. The molecule has 0 aliphatic carbocycles. The fraction of sp³-hybridized carbons (Fsp3) is 0.429. The molecule has 0 saturated heterocycles. The second-order valence-electron chi connectivity index (χ2n) is 4.66. The zero-order chi connectivity index (χ0) is 15.1. The van der Waals surface area contributed by atoms with E-state index >= 15 is 0 Å². The van der Waals surface area contributed by atoms with Crippen molar-refractivity contribution in [3.63, 3.8) is 0 Å². The lowest BCUT2D eigenvalue weighted by molar-refractivity contribution is 0.0711. The van der Waals surface area contributed by atoms with E-state index in [2.05, 4.69) is 5.16 Å². The molecule has 0 saturated carbocycles. The smallest absolute Gasteiger partial charge is 0.254 e. The summed E-state index contributed by atoms with van der Waals surface area (Å²) < 4.78 is 5.07. The Kier molecular flexibility index (Phi) is 5.83. The molecular formula is C14H21N3O3. The van der Waals surface area contributed by atoms with Crippen molar-refractivity contribution < 1.29 is 14.7 Å². The molecule has 0 heterocycles. The van der Waals surface area contributed by atoms with Crippen molar-refractivity contribution in [2.45, 2.75) is 26.3 Å². The highest BCUT2D eigenvalue weighted by Gasteiger charge is 2.18. The van der Waals surface area contributed by atoms with E-state index in [0.29, 0.717) is 24.3 Å². The molecule has 0 fully saturated rings. The second kappa shape index (κ2) is 7.37. The Hall–Kier alpha value is -2.24. The summed E-state index contributed by atoms with van der Waals surface area (Å²) in [5, 5.41) is 11.5. The van der Waals surface area contributed by atoms with Gasteiger partial charge in [0.1, 0.15) is 11.6 Å². The number of hydrogen-bond donors (Lipinski definition) is 2. The van der Waals surface area contributed by atoms with Crippen LogP contribution in [0.4, 0.5) is 0 Å². The van der Waals surface area contributed by atoms with Crippen LogP contribution < -0.4 is 10.5 Å². The van der Waals surface area contributed by atoms with Gasteiger partial charge in [-0.25, -0.2) is 0 Å². The van der Waals surface area contributed by atoms with Gasteiger partial charge in [0.2, 0.25) is 0 Å². The second-order valence-corrected chi connectivity index (χ2v) is 4.66. The van der Waals surface area contributed by atoms with Gasteiger partial charge in [0.05, 0.1) is 7.11 Å². The lowest BCUT2D eigenvalue weighted by Gasteiger charge is -2.26. The Morgan fingerprint density at radius 3 is 2.45 bits per heavy atom. The van der Waals surface area contributed by atoms with E-state index in [1.165, 1.54) is 0 Å². The van der Waals surface area contributed by atoms with Crippen molar-refractivity contribution in [2.75, 3.05) is 13.7 Å². The van der Waals surface area contributed by atoms with Gasteiger partial charge >= 0.3 is 0 Å². The molecular weight excluding hydrogens is 258 g/mol. The Morgan fingerprint density at radius 2 is 2.00 bits per heavy atom. The third-order valence-electron chi connectivity index (χ3n) is 2.96. The highest BCUT2D eigenvalue weighted by Crippen LogP contribution is 2.14. The summed E-state index contributed by atoms with van der Waals surface area (Å²) in [5.41, 5.74) is 6.03. The monoisotopic (exact) mass is 279 g/mol. The van der Waals surface area contributed by atoms with Crippen molar-refractivity contribution in [3.05, 3.63) is 29.8 Å². The third-order valence-corrected chi connectivity index (χ3v) is 2.96. The predicted octanol–water partition coefficient (Wildman–Crippen LogP) is 1.68. The lowest BCUT2D eigenvalue weighted by atomic mass is 10.1. The van der Waals surface area contributed by atoms with Crippen LogP contribution in [0.25, 0.3) is 0 Å². The largest absolute Gasteiger partial charge is 0.497 e. The fourth-order valence-electron chi connectivity index (χ4n) is 1.78. The van der Waals surface area contributed by atoms with Gasteiger partial charge in [-0.2, -0.15) is 0 Å². The van der Waals surface area contributed by atoms with Gasteiger partial charge in [0.25, 0.3) is 5.91 Å². The molecule has 6 heteroatoms. The Labute approximate surface area is 118 Å². The lowest BCUT2D eigenvalue weighted by Crippen LogP contribution is -2.39. The first kappa shape index (κ1) is 15.8. The van der Waals surface area contributed by atoms with Crippen LogP contribution in [-0.2, 0) is 0 Å². The molecule has 0 aliphatic heterocycles. The standard InChI is InChI=1S/C14H21N3O3/c1-10(2)17(9-8-13(15)16-19)14(18)11-4-6-12(20-3)7-5-11/h4-7,10,19H,8-9H2,1-3H3,(H2,15,16). The minimum Gasteiger partial charge on any atom is -0.497 e. The van der Waals surface area contributed by atoms with E-state index in [-0.39, 0.29) is 17.8 Å². The van der Waals surface area contributed by atoms with Crippen LogP contribution >= 0.6 is 0 Å². The summed E-state index contributed by atoms with van der Waals surface area (Å²) in [5.74, 6) is 0.723. The van der Waals surface area contributed by atoms with Crippen LogP contribution in [-0.4, -0.2) is 41.5 Å². The molecule has 0 unspecified atom stereocenters. The van der Waals surface area contributed by atoms with E-state index in [1.807, 2.05) is 13.8 Å². The molecule has 0 aromatic heterocycles. The van der Waals surface area contributed by atoms with E-state index in [0.717, 1.165) is 0 Å². The van der Waals surface area contributed by atoms with E-state index in [4.69, 9.17) is 15.7 Å². The first-order valence-electron chi connectivity index (χ1n) is 6.41. The van der Waals surface area contributed by atoms with Gasteiger partial charge in [0.15, 0.2) is 0 Å². The number of rotatable bonds is 6. The van der Waals surface area contributed by atoms with Crippen LogP contribution in [0.15, 0.2) is 29.4 Å². The van der Waals surface area contributed by atoms with E-state index in [9.17, 15) is 4.79 Å². The van der Waals surface area contributed by atoms with E-state index < -0.39 is 0 Å². The van der Waals surface area contributed by atoms with Gasteiger partial charge in [-0.15, -0.1) is 0 Å². The SMILES string of the molecule is COc1ccc(C(=O)N(CCC(N)=NO)C(C)C)cc1. The zero-order valence-corrected chi connectivity index (χ0v) is 12.0. The summed E-state index contributed by atoms with van der Waals surface area (Å²) in [6.07, 6.45) is 0.330. The molecule has 0 atom stereocenters. The van der Waals surface area contributed by atoms with Crippen LogP contribution in [0.3, 0.4) is 0 Å². The summed E-state index contributed by atoms with van der Waals surface area (Å²) in [7, 11) is 1.58. The Morgan fingerprint density at radius 1 is 1.40 bits per heavy atom. The number of oxime groups is 1. The van der Waals surface area contributed by atoms with Crippen molar-refractivity contribution in [1.82, 2.24) is 4.90 Å². The molecule has 0 radical (unpaired) electrons. The number of amidine groups is 1. The van der Waals surface area contributed by atoms with Crippen molar-refractivity contribution >= 4 is 11.7 Å². The maximum Gasteiger partial charge on any atom is 0.254 e. The number of methoxy groups -OCH3 is 1. The fourth-order valence-corrected chi connectivity index (χ4v) is 1.78. The summed E-state index contributed by atoms with van der Waals surface area (Å²) >= 11 is 0. The predicted molar refractivity (Wildman–Crippen MR) is 77.2 cm³/mol. The Bertz CT molecular complexity index is 469. The average molecular weight is 279 g/mol. The normalized spacial score (nSPS) is 11.5. The molecule has 0 spiro atoms. The first-order chi connectivity index (χ1) is 9.49. The summed E-state index contributed by atoms with van der Waals surface area (Å²) in [6.45, 7) is 4.25. The molecule has 1 rings (SSSR count). The number of amides is 1. The van der Waals surface area contributed by atoms with Gasteiger partial charge in [-0.1, -0.05) is 5.16 Å². The van der Waals surface area contributed by atoms with Crippen LogP contribution in [0, 0.1) is 0 Å². The number of hydrogen-bond acceptors (Lipinski definition) is 4. The van der Waals surface area contributed by atoms with Crippen molar-refractivity contribution in [3.8, 4) is 5.75 Å². The average Bonchev–Trinajstić information content (AvgIpc) is 2.46. The molecule has 1 amide bonds. The topological polar surface area (TPSA) is 88.2 Å². The molecule has 20 heavy (non-hydrogen) atoms. The molecule has 110 valence electrons. The van der Waals surface area contributed by atoms with Crippen molar-refractivity contribution in [1.29, 1.82) is 0 Å². The van der Waals surface area contributed by atoms with Gasteiger partial charge < -0.3 is 20.6 Å². The molecule has 1 aromatic carbocycles. The number of benzene rings is 1. The number of nitrogens with zero attached hydrogens (tertiary/aromatic N) is 2. The van der Waals surface area contributed by atoms with Crippen LogP contribution in [0.5, 0.6) is 5.75 Å². The molecule has 6 nitrogen and oxygen atoms in total. The maximum atomic E-state index is 12.4. The quantitative estimate of drug-likeness (QED) is 0.359. The number of ether oxygens (including phenoxy) is 1. The Balaban J connectivity index is 2.82. The molecule has 1 aromatic rings. The maximum absolute atomic E-state index is 12.4. The summed E-state index contributed by atoms with van der Waals surface area (Å²) in [4.78, 5) is 14.1. The number of carbonyl (C=O) groups excluding carboxylic acids is 1.